The monoisotopic (exact) mass is 171 g/mol. The molecule has 1 rings (SSSR count). The molecule has 0 amide bonds. The van der Waals surface area contributed by atoms with Gasteiger partial charge in [0.05, 0.1) is 6.42 Å². The van der Waals surface area contributed by atoms with E-state index in [9.17, 15) is 14.7 Å². The Labute approximate surface area is 70.5 Å². The molecule has 0 bridgehead atoms. The lowest BCUT2D eigenvalue weighted by molar-refractivity contribution is -0.307. The molecule has 0 aliphatic carbocycles. The average Bonchev–Trinajstić information content (AvgIpc) is 2.04. The van der Waals surface area contributed by atoms with Crippen molar-refractivity contribution in [2.45, 2.75) is 32.3 Å². The largest absolute Gasteiger partial charge is 0.550 e. The fourth-order valence-electron chi connectivity index (χ4n) is 1.38. The Morgan fingerprint density at radius 2 is 2.33 bits per heavy atom. The van der Waals surface area contributed by atoms with E-state index in [2.05, 4.69) is 0 Å². The van der Waals surface area contributed by atoms with Crippen LogP contribution in [0.4, 0.5) is 0 Å². The number of esters is 1. The number of aliphatic carboxylic acids is 1. The standard InChI is InChI=1S/C8H12O4/c1-8(2)5(3-6(9)10)4-7(11)12-8/h5H,3-4H2,1-2H3,(H,9,10)/p-1/t5-/m0/s1. The Morgan fingerprint density at radius 1 is 1.75 bits per heavy atom. The Morgan fingerprint density at radius 3 is 2.67 bits per heavy atom. The lowest BCUT2D eigenvalue weighted by Crippen LogP contribution is -2.33. The quantitative estimate of drug-likeness (QED) is 0.524. The van der Waals surface area contributed by atoms with Gasteiger partial charge in [-0.2, -0.15) is 0 Å². The van der Waals surface area contributed by atoms with Gasteiger partial charge in [0.2, 0.25) is 0 Å². The third-order valence-corrected chi connectivity index (χ3v) is 2.19. The highest BCUT2D eigenvalue weighted by atomic mass is 16.6. The molecule has 0 N–H and O–H groups in total. The lowest BCUT2D eigenvalue weighted by atomic mass is 9.88. The van der Waals surface area contributed by atoms with Gasteiger partial charge in [-0.05, 0) is 20.3 Å². The van der Waals surface area contributed by atoms with Crippen LogP contribution in [-0.2, 0) is 14.3 Å². The van der Waals surface area contributed by atoms with Gasteiger partial charge in [-0.15, -0.1) is 0 Å². The second-order valence-corrected chi connectivity index (χ2v) is 3.55. The summed E-state index contributed by atoms with van der Waals surface area (Å²) in [6, 6.07) is 0. The molecule has 0 spiro atoms. The fraction of sp³-hybridized carbons (Fsp3) is 0.750. The highest BCUT2D eigenvalue weighted by molar-refractivity contribution is 5.74. The summed E-state index contributed by atoms with van der Waals surface area (Å²) < 4.78 is 4.93. The molecule has 0 aromatic heterocycles. The Bertz CT molecular complexity index is 219. The third kappa shape index (κ3) is 1.75. The van der Waals surface area contributed by atoms with E-state index >= 15 is 0 Å². The van der Waals surface area contributed by atoms with Crippen LogP contribution in [0, 0.1) is 5.92 Å². The molecule has 1 aliphatic rings. The van der Waals surface area contributed by atoms with Crippen molar-refractivity contribution in [1.82, 2.24) is 0 Å². The minimum atomic E-state index is -1.13. The first-order chi connectivity index (χ1) is 5.42. The van der Waals surface area contributed by atoms with E-state index in [1.54, 1.807) is 13.8 Å². The van der Waals surface area contributed by atoms with Crippen LogP contribution in [0.15, 0.2) is 0 Å². The Kier molecular flexibility index (Phi) is 2.08. The maximum Gasteiger partial charge on any atom is 0.306 e. The molecule has 0 saturated carbocycles. The Balaban J connectivity index is 2.65. The van der Waals surface area contributed by atoms with E-state index in [1.165, 1.54) is 0 Å². The summed E-state index contributed by atoms with van der Waals surface area (Å²) in [5, 5.41) is 10.3. The zero-order valence-corrected chi connectivity index (χ0v) is 7.12. The van der Waals surface area contributed by atoms with Crippen molar-refractivity contribution in [3.8, 4) is 0 Å². The smallest absolute Gasteiger partial charge is 0.306 e. The summed E-state index contributed by atoms with van der Waals surface area (Å²) in [5.41, 5.74) is -0.656. The normalized spacial score (nSPS) is 26.8. The number of cyclic esters (lactones) is 1. The number of ether oxygens (including phenoxy) is 1. The highest BCUT2D eigenvalue weighted by Crippen LogP contribution is 2.34. The van der Waals surface area contributed by atoms with Gasteiger partial charge in [0.25, 0.3) is 0 Å². The predicted molar refractivity (Wildman–Crippen MR) is 37.9 cm³/mol. The average molecular weight is 171 g/mol. The molecule has 0 radical (unpaired) electrons. The van der Waals surface area contributed by atoms with E-state index in [0.717, 1.165) is 0 Å². The van der Waals surface area contributed by atoms with Crippen LogP contribution in [0.2, 0.25) is 0 Å². The van der Waals surface area contributed by atoms with Crippen molar-refractivity contribution < 1.29 is 19.4 Å². The van der Waals surface area contributed by atoms with Crippen molar-refractivity contribution >= 4 is 11.9 Å². The Hall–Kier alpha value is -1.06. The minimum Gasteiger partial charge on any atom is -0.550 e. The maximum atomic E-state index is 10.8. The predicted octanol–water partition coefficient (Wildman–Crippen LogP) is -0.532. The van der Waals surface area contributed by atoms with Crippen LogP contribution >= 0.6 is 0 Å². The molecule has 0 unspecified atom stereocenters. The zero-order valence-electron chi connectivity index (χ0n) is 7.12. The van der Waals surface area contributed by atoms with Gasteiger partial charge >= 0.3 is 5.97 Å². The van der Waals surface area contributed by atoms with E-state index in [1.807, 2.05) is 0 Å². The topological polar surface area (TPSA) is 66.4 Å². The number of carbonyl (C=O) groups is 2. The van der Waals surface area contributed by atoms with Crippen LogP contribution in [0.25, 0.3) is 0 Å². The summed E-state index contributed by atoms with van der Waals surface area (Å²) in [4.78, 5) is 21.1. The van der Waals surface area contributed by atoms with Gasteiger partial charge in [-0.25, -0.2) is 0 Å². The van der Waals surface area contributed by atoms with Gasteiger partial charge in [-0.3, -0.25) is 4.79 Å². The molecular formula is C8H11O4-. The molecule has 68 valence electrons. The molecule has 1 fully saturated rings. The fourth-order valence-corrected chi connectivity index (χ4v) is 1.38. The second kappa shape index (κ2) is 2.77. The molecule has 4 heteroatoms. The number of carboxylic acid groups (broad SMARTS) is 1. The van der Waals surface area contributed by atoms with Crippen molar-refractivity contribution in [3.63, 3.8) is 0 Å². The molecule has 0 aromatic rings. The highest BCUT2D eigenvalue weighted by Gasteiger charge is 2.41. The summed E-state index contributed by atoms with van der Waals surface area (Å²) in [5.74, 6) is -1.72. The van der Waals surface area contributed by atoms with Crippen LogP contribution in [0.5, 0.6) is 0 Å². The summed E-state index contributed by atoms with van der Waals surface area (Å²) in [6.07, 6.45) is 0.0692. The van der Waals surface area contributed by atoms with Gasteiger partial charge in [0.1, 0.15) is 5.60 Å². The summed E-state index contributed by atoms with van der Waals surface area (Å²) in [6.45, 7) is 3.43. The van der Waals surface area contributed by atoms with Crippen molar-refractivity contribution in [2.75, 3.05) is 0 Å². The van der Waals surface area contributed by atoms with E-state index in [-0.39, 0.29) is 24.7 Å². The summed E-state index contributed by atoms with van der Waals surface area (Å²) in [7, 11) is 0. The van der Waals surface area contributed by atoms with Crippen LogP contribution in [-0.4, -0.2) is 17.5 Å². The van der Waals surface area contributed by atoms with Gasteiger partial charge in [0.15, 0.2) is 0 Å². The van der Waals surface area contributed by atoms with Crippen molar-refractivity contribution in [1.29, 1.82) is 0 Å². The number of rotatable bonds is 2. The van der Waals surface area contributed by atoms with Crippen LogP contribution in [0.3, 0.4) is 0 Å². The van der Waals surface area contributed by atoms with Gasteiger partial charge < -0.3 is 14.6 Å². The number of hydrogen-bond acceptors (Lipinski definition) is 4. The number of hydrogen-bond donors (Lipinski definition) is 0. The molecule has 4 nitrogen and oxygen atoms in total. The molecule has 1 saturated heterocycles. The maximum absolute atomic E-state index is 10.8. The molecule has 1 aliphatic heterocycles. The number of carboxylic acids is 1. The lowest BCUT2D eigenvalue weighted by Gasteiger charge is -2.24. The van der Waals surface area contributed by atoms with Crippen LogP contribution in [0.1, 0.15) is 26.7 Å². The third-order valence-electron chi connectivity index (χ3n) is 2.19. The first kappa shape index (κ1) is 9.03. The second-order valence-electron chi connectivity index (χ2n) is 3.55. The molecule has 12 heavy (non-hydrogen) atoms. The summed E-state index contributed by atoms with van der Waals surface area (Å²) >= 11 is 0. The minimum absolute atomic E-state index is 0.112. The molecule has 1 heterocycles. The SMILES string of the molecule is CC1(C)OC(=O)C[C@@H]1CC(=O)[O-]. The van der Waals surface area contributed by atoms with Crippen molar-refractivity contribution in [3.05, 3.63) is 0 Å². The van der Waals surface area contributed by atoms with Gasteiger partial charge in [0, 0.05) is 11.9 Å². The van der Waals surface area contributed by atoms with Crippen LogP contribution < -0.4 is 5.11 Å². The molecular weight excluding hydrogens is 160 g/mol. The first-order valence-electron chi connectivity index (χ1n) is 3.83. The van der Waals surface area contributed by atoms with E-state index < -0.39 is 11.6 Å². The first-order valence-corrected chi connectivity index (χ1v) is 3.83. The molecule has 0 aromatic carbocycles. The van der Waals surface area contributed by atoms with Gasteiger partial charge in [-0.1, -0.05) is 0 Å². The van der Waals surface area contributed by atoms with E-state index in [4.69, 9.17) is 4.74 Å². The van der Waals surface area contributed by atoms with E-state index in [0.29, 0.717) is 0 Å². The zero-order chi connectivity index (χ0) is 9.35. The number of carbonyl (C=O) groups excluding carboxylic acids is 2. The van der Waals surface area contributed by atoms with Crippen molar-refractivity contribution in [2.24, 2.45) is 5.92 Å². The molecule has 1 atom stereocenters.